The van der Waals surface area contributed by atoms with Crippen molar-refractivity contribution in [2.24, 2.45) is 13.0 Å². The fourth-order valence-corrected chi connectivity index (χ4v) is 2.12. The summed E-state index contributed by atoms with van der Waals surface area (Å²) in [7, 11) is 2.83. The highest BCUT2D eigenvalue weighted by Gasteiger charge is 2.26. The second kappa shape index (κ2) is 7.65. The molecule has 0 radical (unpaired) electrons. The number of furan rings is 1. The molecule has 1 atom stereocenters. The Morgan fingerprint density at radius 1 is 1.28 bits per heavy atom. The number of amides is 2. The maximum absolute atomic E-state index is 12.3. The first-order chi connectivity index (χ1) is 11.8. The summed E-state index contributed by atoms with van der Waals surface area (Å²) in [5, 5.41) is 9.23. The van der Waals surface area contributed by atoms with Crippen LogP contribution < -0.4 is 10.6 Å². The largest absolute Gasteiger partial charge is 0.467 e. The molecule has 0 bridgehead atoms. The van der Waals surface area contributed by atoms with Crippen molar-refractivity contribution in [2.75, 3.05) is 12.4 Å². The van der Waals surface area contributed by atoms with Crippen molar-refractivity contribution in [3.8, 4) is 0 Å². The lowest BCUT2D eigenvalue weighted by Gasteiger charge is -2.19. The van der Waals surface area contributed by atoms with E-state index in [1.807, 2.05) is 0 Å². The fourth-order valence-electron chi connectivity index (χ4n) is 2.12. The van der Waals surface area contributed by atoms with Crippen LogP contribution in [0.1, 0.15) is 34.9 Å². The number of aryl methyl sites for hydroxylation is 1. The number of nitrogens with zero attached hydrogens (tertiary/aromatic N) is 2. The molecule has 2 N–H and O–H groups in total. The second-order valence-corrected chi connectivity index (χ2v) is 5.69. The van der Waals surface area contributed by atoms with E-state index in [-0.39, 0.29) is 17.4 Å². The number of carbonyl (C=O) groups excluding carboxylic acids is 3. The number of aromatic nitrogens is 2. The Morgan fingerprint density at radius 3 is 2.56 bits per heavy atom. The molecule has 9 nitrogen and oxygen atoms in total. The molecule has 0 aliphatic heterocycles. The third kappa shape index (κ3) is 4.25. The van der Waals surface area contributed by atoms with Gasteiger partial charge in [0.15, 0.2) is 11.5 Å². The minimum atomic E-state index is -0.791. The molecule has 2 amide bonds. The molecule has 0 aliphatic rings. The Hall–Kier alpha value is -3.10. The summed E-state index contributed by atoms with van der Waals surface area (Å²) in [6, 6.07) is 3.73. The van der Waals surface area contributed by atoms with Crippen LogP contribution in [0.4, 0.5) is 5.82 Å². The van der Waals surface area contributed by atoms with Gasteiger partial charge < -0.3 is 19.8 Å². The van der Waals surface area contributed by atoms with Gasteiger partial charge in [0.25, 0.3) is 11.8 Å². The topological polar surface area (TPSA) is 115 Å². The summed E-state index contributed by atoms with van der Waals surface area (Å²) in [5.74, 6) is -1.25. The minimum absolute atomic E-state index is 0.0618. The third-order valence-electron chi connectivity index (χ3n) is 3.51. The van der Waals surface area contributed by atoms with E-state index in [1.165, 1.54) is 30.2 Å². The van der Waals surface area contributed by atoms with Gasteiger partial charge in [0.1, 0.15) is 11.9 Å². The van der Waals surface area contributed by atoms with Crippen molar-refractivity contribution in [3.05, 3.63) is 35.9 Å². The van der Waals surface area contributed by atoms with E-state index in [1.54, 1.807) is 27.0 Å². The van der Waals surface area contributed by atoms with Gasteiger partial charge in [-0.1, -0.05) is 13.8 Å². The van der Waals surface area contributed by atoms with E-state index in [2.05, 4.69) is 20.5 Å². The normalized spacial score (nSPS) is 11.9. The van der Waals surface area contributed by atoms with Gasteiger partial charge in [-0.2, -0.15) is 5.10 Å². The number of nitrogens with one attached hydrogen (secondary N) is 2. The smallest absolute Gasteiger partial charge is 0.328 e. The van der Waals surface area contributed by atoms with E-state index in [0.29, 0.717) is 5.82 Å². The van der Waals surface area contributed by atoms with Gasteiger partial charge in [-0.3, -0.25) is 14.3 Å². The first-order valence-corrected chi connectivity index (χ1v) is 7.61. The zero-order valence-corrected chi connectivity index (χ0v) is 14.4. The number of methoxy groups -OCH3 is 1. The Labute approximate surface area is 144 Å². The van der Waals surface area contributed by atoms with Crippen LogP contribution in [0.3, 0.4) is 0 Å². The molecule has 9 heteroatoms. The number of hydrogen-bond acceptors (Lipinski definition) is 6. The standard InChI is InChI=1S/C16H20N4O5/c1-9(2)13(16(23)24-4)18-14(21)10-8-12(20(3)19-10)17-15(22)11-6-5-7-25-11/h5-9,13H,1-4H3,(H,17,22)(H,18,21). The Kier molecular flexibility index (Phi) is 5.58. The second-order valence-electron chi connectivity index (χ2n) is 5.69. The van der Waals surface area contributed by atoms with Crippen LogP contribution in [0.5, 0.6) is 0 Å². The lowest BCUT2D eigenvalue weighted by atomic mass is 10.0. The van der Waals surface area contributed by atoms with E-state index >= 15 is 0 Å². The van der Waals surface area contributed by atoms with Crippen LogP contribution in [0.25, 0.3) is 0 Å². The molecule has 25 heavy (non-hydrogen) atoms. The maximum atomic E-state index is 12.3. The molecule has 0 aromatic carbocycles. The number of esters is 1. The maximum Gasteiger partial charge on any atom is 0.328 e. The van der Waals surface area contributed by atoms with Crippen LogP contribution >= 0.6 is 0 Å². The summed E-state index contributed by atoms with van der Waals surface area (Å²) < 4.78 is 11.0. The molecule has 0 spiro atoms. The molecule has 2 heterocycles. The van der Waals surface area contributed by atoms with Crippen LogP contribution in [0.15, 0.2) is 28.9 Å². The van der Waals surface area contributed by atoms with Gasteiger partial charge in [0.05, 0.1) is 13.4 Å². The van der Waals surface area contributed by atoms with Crippen LogP contribution in [-0.2, 0) is 16.6 Å². The Morgan fingerprint density at radius 2 is 2.00 bits per heavy atom. The summed E-state index contributed by atoms with van der Waals surface area (Å²) in [4.78, 5) is 36.1. The monoisotopic (exact) mass is 348 g/mol. The summed E-state index contributed by atoms with van der Waals surface area (Å²) in [5.41, 5.74) is 0.0618. The molecule has 0 saturated heterocycles. The number of carbonyl (C=O) groups is 3. The summed E-state index contributed by atoms with van der Waals surface area (Å²) >= 11 is 0. The molecule has 2 rings (SSSR count). The number of hydrogen-bond donors (Lipinski definition) is 2. The van der Waals surface area contributed by atoms with Crippen LogP contribution in [0.2, 0.25) is 0 Å². The molecule has 2 aromatic heterocycles. The molecule has 0 aliphatic carbocycles. The fraction of sp³-hybridized carbons (Fsp3) is 0.375. The Balaban J connectivity index is 2.11. The van der Waals surface area contributed by atoms with Gasteiger partial charge in [0.2, 0.25) is 0 Å². The van der Waals surface area contributed by atoms with Gasteiger partial charge in [-0.05, 0) is 18.1 Å². The number of rotatable bonds is 6. The number of ether oxygens (including phenoxy) is 1. The van der Waals surface area contributed by atoms with E-state index in [9.17, 15) is 14.4 Å². The molecule has 0 fully saturated rings. The van der Waals surface area contributed by atoms with Crippen LogP contribution in [-0.4, -0.2) is 40.7 Å². The van der Waals surface area contributed by atoms with Crippen molar-refractivity contribution in [1.29, 1.82) is 0 Å². The van der Waals surface area contributed by atoms with Gasteiger partial charge in [-0.25, -0.2) is 4.79 Å². The van der Waals surface area contributed by atoms with E-state index < -0.39 is 23.8 Å². The molecule has 0 saturated carbocycles. The van der Waals surface area contributed by atoms with Crippen molar-refractivity contribution in [3.63, 3.8) is 0 Å². The van der Waals surface area contributed by atoms with Crippen molar-refractivity contribution < 1.29 is 23.5 Å². The average Bonchev–Trinajstić information content (AvgIpc) is 3.22. The summed E-state index contributed by atoms with van der Waals surface area (Å²) in [6.45, 7) is 3.57. The number of anilines is 1. The van der Waals surface area contributed by atoms with Crippen LogP contribution in [0, 0.1) is 5.92 Å². The predicted molar refractivity (Wildman–Crippen MR) is 88.0 cm³/mol. The highest BCUT2D eigenvalue weighted by molar-refractivity contribution is 6.02. The van der Waals surface area contributed by atoms with Gasteiger partial charge in [0, 0.05) is 13.1 Å². The first kappa shape index (κ1) is 18.2. The molecular weight excluding hydrogens is 328 g/mol. The SMILES string of the molecule is COC(=O)C(NC(=O)c1cc(NC(=O)c2ccco2)n(C)n1)C(C)C. The van der Waals surface area contributed by atoms with Crippen molar-refractivity contribution in [2.45, 2.75) is 19.9 Å². The lowest BCUT2D eigenvalue weighted by molar-refractivity contribution is -0.144. The Bertz CT molecular complexity index is 764. The quantitative estimate of drug-likeness (QED) is 0.758. The van der Waals surface area contributed by atoms with Crippen molar-refractivity contribution >= 4 is 23.6 Å². The highest BCUT2D eigenvalue weighted by atomic mass is 16.5. The molecule has 1 unspecified atom stereocenters. The average molecular weight is 348 g/mol. The highest BCUT2D eigenvalue weighted by Crippen LogP contribution is 2.13. The van der Waals surface area contributed by atoms with Crippen molar-refractivity contribution in [1.82, 2.24) is 15.1 Å². The molecule has 2 aromatic rings. The lowest BCUT2D eigenvalue weighted by Crippen LogP contribution is -2.45. The molecule has 134 valence electrons. The van der Waals surface area contributed by atoms with E-state index in [4.69, 9.17) is 4.42 Å². The zero-order chi connectivity index (χ0) is 18.6. The minimum Gasteiger partial charge on any atom is -0.467 e. The third-order valence-corrected chi connectivity index (χ3v) is 3.51. The zero-order valence-electron chi connectivity index (χ0n) is 14.4. The summed E-state index contributed by atoms with van der Waals surface area (Å²) in [6.07, 6.45) is 1.38. The predicted octanol–water partition coefficient (Wildman–Crippen LogP) is 1.19. The molecular formula is C16H20N4O5. The van der Waals surface area contributed by atoms with Gasteiger partial charge >= 0.3 is 5.97 Å². The van der Waals surface area contributed by atoms with Gasteiger partial charge in [-0.15, -0.1) is 0 Å². The van der Waals surface area contributed by atoms with E-state index in [0.717, 1.165) is 0 Å². The first-order valence-electron chi connectivity index (χ1n) is 7.61.